The highest BCUT2D eigenvalue weighted by Gasteiger charge is 2.24. The molecule has 0 saturated carbocycles. The minimum atomic E-state index is -0.752. The van der Waals surface area contributed by atoms with Crippen LogP contribution in [-0.4, -0.2) is 30.7 Å². The van der Waals surface area contributed by atoms with Gasteiger partial charge in [0.05, 0.1) is 6.21 Å². The van der Waals surface area contributed by atoms with Crippen LogP contribution in [0.4, 0.5) is 0 Å². The van der Waals surface area contributed by atoms with E-state index in [0.29, 0.717) is 16.3 Å². The molecule has 7 heteroatoms. The smallest absolute Gasteiger partial charge is 0.262 e. The highest BCUT2D eigenvalue weighted by atomic mass is 35.5. The number of hydrogen-bond acceptors (Lipinski definition) is 4. The molecule has 6 nitrogen and oxygen atoms in total. The van der Waals surface area contributed by atoms with Crippen molar-refractivity contribution in [3.8, 4) is 18.1 Å². The highest BCUT2D eigenvalue weighted by Crippen LogP contribution is 2.12. The van der Waals surface area contributed by atoms with Crippen LogP contribution in [0.3, 0.4) is 0 Å². The zero-order chi connectivity index (χ0) is 21.2. The Balaban J connectivity index is 1.96. The Morgan fingerprint density at radius 2 is 1.97 bits per heavy atom. The summed E-state index contributed by atoms with van der Waals surface area (Å²) in [6, 6.07) is 12.8. The zero-order valence-electron chi connectivity index (χ0n) is 16.2. The number of nitrogens with zero attached hydrogens (tertiary/aromatic N) is 1. The normalized spacial score (nSPS) is 11.7. The predicted octanol–water partition coefficient (Wildman–Crippen LogP) is 3.26. The molecule has 0 aliphatic heterocycles. The van der Waals surface area contributed by atoms with Gasteiger partial charge in [0.15, 0.2) is 0 Å². The van der Waals surface area contributed by atoms with Gasteiger partial charge in [-0.2, -0.15) is 5.10 Å². The van der Waals surface area contributed by atoms with Gasteiger partial charge in [-0.15, -0.1) is 6.42 Å². The fourth-order valence-corrected chi connectivity index (χ4v) is 2.59. The van der Waals surface area contributed by atoms with Crippen LogP contribution in [0.25, 0.3) is 0 Å². The number of carbonyl (C=O) groups is 2. The molecule has 1 atom stereocenters. The van der Waals surface area contributed by atoms with Crippen LogP contribution in [0.2, 0.25) is 5.02 Å². The summed E-state index contributed by atoms with van der Waals surface area (Å²) in [5, 5.41) is 7.13. The van der Waals surface area contributed by atoms with E-state index in [-0.39, 0.29) is 18.4 Å². The topological polar surface area (TPSA) is 79.8 Å². The minimum Gasteiger partial charge on any atom is -0.481 e. The van der Waals surface area contributed by atoms with E-state index in [4.69, 9.17) is 22.8 Å². The summed E-state index contributed by atoms with van der Waals surface area (Å²) in [6.07, 6.45) is 6.65. The van der Waals surface area contributed by atoms with E-state index in [0.717, 1.165) is 5.56 Å². The van der Waals surface area contributed by atoms with Crippen LogP contribution < -0.4 is 15.5 Å². The number of rotatable bonds is 8. The molecule has 2 amide bonds. The van der Waals surface area contributed by atoms with Gasteiger partial charge in [0.1, 0.15) is 18.4 Å². The van der Waals surface area contributed by atoms with Crippen molar-refractivity contribution in [3.05, 3.63) is 64.7 Å². The maximum absolute atomic E-state index is 12.5. The first-order valence-electron chi connectivity index (χ1n) is 8.96. The summed E-state index contributed by atoms with van der Waals surface area (Å²) in [5.41, 5.74) is 3.61. The quantitative estimate of drug-likeness (QED) is 0.397. The van der Waals surface area contributed by atoms with E-state index < -0.39 is 11.9 Å². The van der Waals surface area contributed by atoms with Gasteiger partial charge in [-0.05, 0) is 53.9 Å². The molecular weight excluding hydrogens is 390 g/mol. The number of ether oxygens (including phenoxy) is 1. The Kier molecular flexibility index (Phi) is 8.26. The first kappa shape index (κ1) is 22.0. The predicted molar refractivity (Wildman–Crippen MR) is 114 cm³/mol. The molecule has 0 aliphatic rings. The van der Waals surface area contributed by atoms with Gasteiger partial charge < -0.3 is 10.1 Å². The molecule has 2 aromatic carbocycles. The number of carbonyl (C=O) groups excluding carboxylic acids is 2. The van der Waals surface area contributed by atoms with Crippen molar-refractivity contribution in [3.63, 3.8) is 0 Å². The number of hydrogen-bond donors (Lipinski definition) is 2. The molecule has 0 bridgehead atoms. The lowest BCUT2D eigenvalue weighted by molar-refractivity contribution is -0.123. The van der Waals surface area contributed by atoms with Crippen molar-refractivity contribution in [2.45, 2.75) is 19.9 Å². The molecule has 2 rings (SSSR count). The maximum atomic E-state index is 12.5. The van der Waals surface area contributed by atoms with Crippen molar-refractivity contribution in [2.24, 2.45) is 11.0 Å². The van der Waals surface area contributed by atoms with Crippen LogP contribution in [0.5, 0.6) is 5.75 Å². The first-order valence-corrected chi connectivity index (χ1v) is 9.34. The number of halogens is 1. The van der Waals surface area contributed by atoms with Crippen molar-refractivity contribution >= 4 is 29.6 Å². The second-order valence-electron chi connectivity index (χ2n) is 6.50. The number of amides is 2. The summed E-state index contributed by atoms with van der Waals surface area (Å²) in [5.74, 6) is 2.10. The summed E-state index contributed by atoms with van der Waals surface area (Å²) in [6.45, 7) is 3.86. The van der Waals surface area contributed by atoms with Gasteiger partial charge in [-0.1, -0.05) is 37.4 Å². The summed E-state index contributed by atoms with van der Waals surface area (Å²) in [7, 11) is 0. The van der Waals surface area contributed by atoms with E-state index in [9.17, 15) is 9.59 Å². The molecule has 1 unspecified atom stereocenters. The number of benzene rings is 2. The van der Waals surface area contributed by atoms with E-state index in [1.165, 1.54) is 6.21 Å². The molecule has 0 radical (unpaired) electrons. The lowest BCUT2D eigenvalue weighted by atomic mass is 10.0. The molecule has 0 fully saturated rings. The summed E-state index contributed by atoms with van der Waals surface area (Å²) < 4.78 is 5.29. The average Bonchev–Trinajstić information content (AvgIpc) is 2.70. The van der Waals surface area contributed by atoms with Crippen LogP contribution >= 0.6 is 11.6 Å². The molecule has 150 valence electrons. The maximum Gasteiger partial charge on any atom is 0.262 e. The van der Waals surface area contributed by atoms with Crippen LogP contribution in [0.1, 0.15) is 29.8 Å². The molecular formula is C22H22ClN3O3. The number of nitrogens with one attached hydrogen (secondary N) is 2. The van der Waals surface area contributed by atoms with Gasteiger partial charge in [0.25, 0.3) is 11.8 Å². The molecule has 0 saturated heterocycles. The lowest BCUT2D eigenvalue weighted by Gasteiger charge is -2.20. The molecule has 0 spiro atoms. The summed E-state index contributed by atoms with van der Waals surface area (Å²) in [4.78, 5) is 24.9. The van der Waals surface area contributed by atoms with Crippen LogP contribution in [-0.2, 0) is 4.79 Å². The van der Waals surface area contributed by atoms with Gasteiger partial charge in [-0.3, -0.25) is 9.59 Å². The Morgan fingerprint density at radius 1 is 1.24 bits per heavy atom. The Hall–Kier alpha value is -3.30. The van der Waals surface area contributed by atoms with Crippen molar-refractivity contribution in [1.82, 2.24) is 10.7 Å². The van der Waals surface area contributed by atoms with Crippen molar-refractivity contribution in [1.29, 1.82) is 0 Å². The highest BCUT2D eigenvalue weighted by molar-refractivity contribution is 6.31. The van der Waals surface area contributed by atoms with E-state index >= 15 is 0 Å². The molecule has 0 heterocycles. The van der Waals surface area contributed by atoms with Crippen molar-refractivity contribution in [2.75, 3.05) is 6.61 Å². The first-order chi connectivity index (χ1) is 13.9. The molecule has 2 aromatic rings. The van der Waals surface area contributed by atoms with E-state index in [2.05, 4.69) is 21.8 Å². The third kappa shape index (κ3) is 6.98. The van der Waals surface area contributed by atoms with Crippen molar-refractivity contribution < 1.29 is 14.3 Å². The standard InChI is InChI=1S/C22H22ClN3O3/c1-4-12-29-19-10-8-16(9-11-19)14-24-26-22(28)20(15(2)3)25-21(27)17-6-5-7-18(23)13-17/h1,5-11,13-15,20H,12H2,2-3H3,(H,25,27)(H,26,28). The Morgan fingerprint density at radius 3 is 2.59 bits per heavy atom. The monoisotopic (exact) mass is 411 g/mol. The van der Waals surface area contributed by atoms with Gasteiger partial charge in [0.2, 0.25) is 0 Å². The minimum absolute atomic E-state index is 0.138. The number of terminal acetylenes is 1. The lowest BCUT2D eigenvalue weighted by Crippen LogP contribution is -2.48. The summed E-state index contributed by atoms with van der Waals surface area (Å²) >= 11 is 5.92. The molecule has 29 heavy (non-hydrogen) atoms. The van der Waals surface area contributed by atoms with Crippen LogP contribution in [0.15, 0.2) is 53.6 Å². The SMILES string of the molecule is C#CCOc1ccc(C=NNC(=O)C(NC(=O)c2cccc(Cl)c2)C(C)C)cc1. The van der Waals surface area contributed by atoms with Crippen LogP contribution in [0, 0.1) is 18.3 Å². The van der Waals surface area contributed by atoms with Gasteiger partial charge >= 0.3 is 0 Å². The second-order valence-corrected chi connectivity index (χ2v) is 6.94. The van der Waals surface area contributed by atoms with E-state index in [1.807, 2.05) is 13.8 Å². The molecule has 2 N–H and O–H groups in total. The Labute approximate surface area is 175 Å². The average molecular weight is 412 g/mol. The van der Waals surface area contributed by atoms with E-state index in [1.54, 1.807) is 48.5 Å². The van der Waals surface area contributed by atoms with Gasteiger partial charge in [0, 0.05) is 10.6 Å². The third-order valence-corrected chi connectivity index (χ3v) is 4.15. The van der Waals surface area contributed by atoms with Gasteiger partial charge in [-0.25, -0.2) is 5.43 Å². The number of hydrazone groups is 1. The largest absolute Gasteiger partial charge is 0.481 e. The zero-order valence-corrected chi connectivity index (χ0v) is 16.9. The fourth-order valence-electron chi connectivity index (χ4n) is 2.40. The third-order valence-electron chi connectivity index (χ3n) is 3.91. The fraction of sp³-hybridized carbons (Fsp3) is 0.227. The Bertz CT molecular complexity index is 918. The second kappa shape index (κ2) is 10.9. The molecule has 0 aliphatic carbocycles. The molecule has 0 aromatic heterocycles.